The zero-order valence-electron chi connectivity index (χ0n) is 15.2. The van der Waals surface area contributed by atoms with E-state index in [0.29, 0.717) is 31.0 Å². The monoisotopic (exact) mass is 396 g/mol. The molecule has 0 fully saturated rings. The van der Waals surface area contributed by atoms with Crippen LogP contribution in [-0.2, 0) is 23.0 Å². The Morgan fingerprint density at radius 1 is 1.19 bits per heavy atom. The molecule has 0 radical (unpaired) electrons. The Labute approximate surface area is 158 Å². The minimum Gasteiger partial charge on any atom is -0.494 e. The normalized spacial score (nSPS) is 11.3. The summed E-state index contributed by atoms with van der Waals surface area (Å²) in [5.74, 6) is 0.766. The smallest absolute Gasteiger partial charge is 0.263 e. The highest BCUT2D eigenvalue weighted by molar-refractivity contribution is 7.88. The number of carbonyl (C=O) groups is 1. The molecule has 0 saturated carbocycles. The summed E-state index contributed by atoms with van der Waals surface area (Å²) >= 11 is 1.39. The van der Waals surface area contributed by atoms with Crippen molar-refractivity contribution in [1.29, 1.82) is 0 Å². The predicted molar refractivity (Wildman–Crippen MR) is 104 cm³/mol. The lowest BCUT2D eigenvalue weighted by molar-refractivity contribution is 0.0790. The van der Waals surface area contributed by atoms with Gasteiger partial charge in [-0.25, -0.2) is 13.1 Å². The molecule has 0 atom stereocenters. The van der Waals surface area contributed by atoms with Gasteiger partial charge in [-0.2, -0.15) is 0 Å². The van der Waals surface area contributed by atoms with Crippen LogP contribution in [0.2, 0.25) is 0 Å². The molecule has 1 N–H and O–H groups in total. The second-order valence-corrected chi connectivity index (χ2v) is 8.92. The Morgan fingerprint density at radius 3 is 2.50 bits per heavy atom. The van der Waals surface area contributed by atoms with E-state index in [1.54, 1.807) is 18.0 Å². The van der Waals surface area contributed by atoms with Crippen LogP contribution in [0.4, 0.5) is 0 Å². The molecule has 142 valence electrons. The fourth-order valence-corrected chi connectivity index (χ4v) is 3.85. The molecule has 0 aliphatic heterocycles. The Balaban J connectivity index is 1.91. The molecule has 1 amide bonds. The van der Waals surface area contributed by atoms with Crippen LogP contribution in [-0.4, -0.2) is 45.7 Å². The predicted octanol–water partition coefficient (Wildman–Crippen LogP) is 2.51. The third kappa shape index (κ3) is 6.44. The summed E-state index contributed by atoms with van der Waals surface area (Å²) in [6, 6.07) is 11.4. The molecule has 1 aromatic heterocycles. The minimum absolute atomic E-state index is 0.0498. The van der Waals surface area contributed by atoms with Crippen LogP contribution in [0.15, 0.2) is 36.4 Å². The number of hydrogen-bond acceptors (Lipinski definition) is 5. The first-order valence-corrected chi connectivity index (χ1v) is 11.0. The van der Waals surface area contributed by atoms with E-state index in [2.05, 4.69) is 4.72 Å². The Morgan fingerprint density at radius 2 is 1.88 bits per heavy atom. The van der Waals surface area contributed by atoms with Crippen molar-refractivity contribution in [3.63, 3.8) is 0 Å². The van der Waals surface area contributed by atoms with E-state index in [-0.39, 0.29) is 5.91 Å². The first-order valence-electron chi connectivity index (χ1n) is 8.29. The molecule has 8 heteroatoms. The van der Waals surface area contributed by atoms with Gasteiger partial charge in [-0.05, 0) is 43.2 Å². The van der Waals surface area contributed by atoms with Gasteiger partial charge in [-0.15, -0.1) is 11.3 Å². The minimum atomic E-state index is -3.19. The number of ether oxygens (including phenoxy) is 1. The molecule has 0 aliphatic carbocycles. The fraction of sp³-hybridized carbons (Fsp3) is 0.389. The van der Waals surface area contributed by atoms with E-state index in [4.69, 9.17) is 4.74 Å². The lowest BCUT2D eigenvalue weighted by Crippen LogP contribution is -2.25. The van der Waals surface area contributed by atoms with Crippen LogP contribution >= 0.6 is 11.3 Å². The van der Waals surface area contributed by atoms with Gasteiger partial charge < -0.3 is 9.64 Å². The third-order valence-electron chi connectivity index (χ3n) is 3.61. The van der Waals surface area contributed by atoms with Gasteiger partial charge in [-0.3, -0.25) is 4.79 Å². The topological polar surface area (TPSA) is 75.7 Å². The molecule has 0 spiro atoms. The molecule has 0 bridgehead atoms. The van der Waals surface area contributed by atoms with Gasteiger partial charge in [0, 0.05) is 25.0 Å². The van der Waals surface area contributed by atoms with Gasteiger partial charge in [0.1, 0.15) is 5.75 Å². The van der Waals surface area contributed by atoms with Crippen molar-refractivity contribution in [2.75, 3.05) is 26.5 Å². The zero-order valence-corrected chi connectivity index (χ0v) is 16.8. The van der Waals surface area contributed by atoms with Crippen molar-refractivity contribution in [2.45, 2.75) is 19.9 Å². The molecule has 26 heavy (non-hydrogen) atoms. The van der Waals surface area contributed by atoms with Crippen LogP contribution in [0.25, 0.3) is 0 Å². The van der Waals surface area contributed by atoms with Crippen LogP contribution in [0.5, 0.6) is 5.75 Å². The molecule has 0 saturated heterocycles. The first-order chi connectivity index (χ1) is 12.3. The number of amides is 1. The molecule has 2 rings (SSSR count). The molecule has 2 aromatic rings. The summed E-state index contributed by atoms with van der Waals surface area (Å²) in [7, 11) is -1.42. The summed E-state index contributed by atoms with van der Waals surface area (Å²) in [6.45, 7) is 3.40. The van der Waals surface area contributed by atoms with Gasteiger partial charge in [-0.1, -0.05) is 12.1 Å². The van der Waals surface area contributed by atoms with Crippen molar-refractivity contribution in [3.8, 4) is 5.75 Å². The summed E-state index contributed by atoms with van der Waals surface area (Å²) < 4.78 is 30.0. The molecule has 1 aromatic carbocycles. The Hall–Kier alpha value is -1.90. The SMILES string of the molecule is CCOc1ccc(CN(C)C(=O)c2ccc(CCNS(C)(=O)=O)s2)cc1. The van der Waals surface area contributed by atoms with E-state index in [1.165, 1.54) is 11.3 Å². The fourth-order valence-electron chi connectivity index (χ4n) is 2.38. The second kappa shape index (κ2) is 9.16. The highest BCUT2D eigenvalue weighted by Crippen LogP contribution is 2.20. The highest BCUT2D eigenvalue weighted by Gasteiger charge is 2.15. The molecular formula is C18H24N2O4S2. The molecule has 1 heterocycles. The van der Waals surface area contributed by atoms with E-state index in [0.717, 1.165) is 22.4 Å². The van der Waals surface area contributed by atoms with Crippen LogP contribution in [0.1, 0.15) is 27.0 Å². The van der Waals surface area contributed by atoms with Crippen molar-refractivity contribution in [2.24, 2.45) is 0 Å². The maximum Gasteiger partial charge on any atom is 0.263 e. The van der Waals surface area contributed by atoms with Crippen LogP contribution in [0.3, 0.4) is 0 Å². The number of rotatable bonds is 9. The Kier molecular flexibility index (Phi) is 7.19. The van der Waals surface area contributed by atoms with Crippen LogP contribution < -0.4 is 9.46 Å². The summed E-state index contributed by atoms with van der Waals surface area (Å²) in [5.41, 5.74) is 1.03. The van der Waals surface area contributed by atoms with Gasteiger partial charge in [0.2, 0.25) is 10.0 Å². The van der Waals surface area contributed by atoms with Gasteiger partial charge in [0.25, 0.3) is 5.91 Å². The lowest BCUT2D eigenvalue weighted by Gasteiger charge is -2.16. The third-order valence-corrected chi connectivity index (χ3v) is 5.47. The van der Waals surface area contributed by atoms with Crippen molar-refractivity contribution < 1.29 is 17.9 Å². The average molecular weight is 397 g/mol. The lowest BCUT2D eigenvalue weighted by atomic mass is 10.2. The largest absolute Gasteiger partial charge is 0.494 e. The maximum atomic E-state index is 12.6. The van der Waals surface area contributed by atoms with E-state index in [1.807, 2.05) is 37.3 Å². The van der Waals surface area contributed by atoms with E-state index in [9.17, 15) is 13.2 Å². The second-order valence-electron chi connectivity index (χ2n) is 5.92. The van der Waals surface area contributed by atoms with Crippen LogP contribution in [0, 0.1) is 0 Å². The number of thiophene rings is 1. The van der Waals surface area contributed by atoms with Gasteiger partial charge in [0.05, 0.1) is 17.7 Å². The molecule has 0 unspecified atom stereocenters. The zero-order chi connectivity index (χ0) is 19.2. The summed E-state index contributed by atoms with van der Waals surface area (Å²) in [4.78, 5) is 15.8. The number of nitrogens with one attached hydrogen (secondary N) is 1. The molecule has 6 nitrogen and oxygen atoms in total. The van der Waals surface area contributed by atoms with Crippen molar-refractivity contribution in [1.82, 2.24) is 9.62 Å². The number of sulfonamides is 1. The highest BCUT2D eigenvalue weighted by atomic mass is 32.2. The standard InChI is InChI=1S/C18H24N2O4S2/c1-4-24-15-7-5-14(6-8-15)13-20(2)18(21)17-10-9-16(25-17)11-12-19-26(3,22)23/h5-10,19H,4,11-13H2,1-3H3. The molecular weight excluding hydrogens is 372 g/mol. The van der Waals surface area contributed by atoms with Crippen molar-refractivity contribution in [3.05, 3.63) is 51.7 Å². The quantitative estimate of drug-likeness (QED) is 0.707. The number of nitrogens with zero attached hydrogens (tertiary/aromatic N) is 1. The van der Waals surface area contributed by atoms with E-state index < -0.39 is 10.0 Å². The summed E-state index contributed by atoms with van der Waals surface area (Å²) in [6.07, 6.45) is 1.69. The maximum absolute atomic E-state index is 12.6. The van der Waals surface area contributed by atoms with Gasteiger partial charge >= 0.3 is 0 Å². The number of carbonyl (C=O) groups excluding carboxylic acids is 1. The average Bonchev–Trinajstić information content (AvgIpc) is 3.04. The summed E-state index contributed by atoms with van der Waals surface area (Å²) in [5, 5.41) is 0. The van der Waals surface area contributed by atoms with Crippen molar-refractivity contribution >= 4 is 27.3 Å². The molecule has 0 aliphatic rings. The first kappa shape index (κ1) is 20.4. The Bertz CT molecular complexity index is 829. The van der Waals surface area contributed by atoms with Gasteiger partial charge in [0.15, 0.2) is 0 Å². The number of benzene rings is 1. The van der Waals surface area contributed by atoms with E-state index >= 15 is 0 Å². The number of hydrogen-bond donors (Lipinski definition) is 1.